The topological polar surface area (TPSA) is 57.6 Å². The predicted molar refractivity (Wildman–Crippen MR) is 47.6 cm³/mol. The molecule has 5 heteroatoms. The van der Waals surface area contributed by atoms with Crippen LogP contribution in [-0.2, 0) is 9.59 Å². The standard InChI is InChI=1S/C8H12ClNO3/c1-5(8(12)13)10-4-6(3-9)2-7(10)11/h5-6H,2-4H2,1H3,(H,12,13). The van der Waals surface area contributed by atoms with Gasteiger partial charge in [0.05, 0.1) is 0 Å². The zero-order valence-electron chi connectivity index (χ0n) is 7.36. The highest BCUT2D eigenvalue weighted by Crippen LogP contribution is 2.20. The minimum Gasteiger partial charge on any atom is -0.480 e. The Balaban J connectivity index is 2.62. The highest BCUT2D eigenvalue weighted by Gasteiger charge is 2.34. The van der Waals surface area contributed by atoms with E-state index in [0.717, 1.165) is 0 Å². The van der Waals surface area contributed by atoms with Gasteiger partial charge >= 0.3 is 5.97 Å². The molecule has 0 bridgehead atoms. The van der Waals surface area contributed by atoms with Gasteiger partial charge < -0.3 is 10.0 Å². The van der Waals surface area contributed by atoms with E-state index in [0.29, 0.717) is 18.8 Å². The van der Waals surface area contributed by atoms with Crippen LogP contribution in [0.5, 0.6) is 0 Å². The summed E-state index contributed by atoms with van der Waals surface area (Å²) in [4.78, 5) is 23.3. The van der Waals surface area contributed by atoms with Gasteiger partial charge in [0.15, 0.2) is 0 Å². The molecule has 1 fully saturated rings. The first kappa shape index (κ1) is 10.3. The van der Waals surface area contributed by atoms with Gasteiger partial charge in [-0.15, -0.1) is 11.6 Å². The summed E-state index contributed by atoms with van der Waals surface area (Å²) in [5, 5.41) is 8.69. The van der Waals surface area contributed by atoms with E-state index in [2.05, 4.69) is 0 Å². The maximum absolute atomic E-state index is 11.3. The van der Waals surface area contributed by atoms with E-state index >= 15 is 0 Å². The predicted octanol–water partition coefficient (Wildman–Crippen LogP) is 0.547. The Bertz CT molecular complexity index is 231. The SMILES string of the molecule is CC(C(=O)O)N1CC(CCl)CC1=O. The number of carboxylic acid groups (broad SMARTS) is 1. The molecule has 0 saturated carbocycles. The Hall–Kier alpha value is -0.770. The maximum atomic E-state index is 11.3. The molecular weight excluding hydrogens is 194 g/mol. The molecule has 74 valence electrons. The number of rotatable bonds is 3. The van der Waals surface area contributed by atoms with Crippen molar-refractivity contribution >= 4 is 23.5 Å². The van der Waals surface area contributed by atoms with Gasteiger partial charge in [-0.3, -0.25) is 4.79 Å². The summed E-state index contributed by atoms with van der Waals surface area (Å²) in [5.74, 6) is -0.561. The summed E-state index contributed by atoms with van der Waals surface area (Å²) < 4.78 is 0. The van der Waals surface area contributed by atoms with Crippen molar-refractivity contribution in [2.45, 2.75) is 19.4 Å². The van der Waals surface area contributed by atoms with Crippen molar-refractivity contribution in [2.24, 2.45) is 5.92 Å². The van der Waals surface area contributed by atoms with Crippen molar-refractivity contribution in [3.05, 3.63) is 0 Å². The molecule has 4 nitrogen and oxygen atoms in total. The van der Waals surface area contributed by atoms with E-state index < -0.39 is 12.0 Å². The maximum Gasteiger partial charge on any atom is 0.326 e. The van der Waals surface area contributed by atoms with Crippen LogP contribution in [0.1, 0.15) is 13.3 Å². The van der Waals surface area contributed by atoms with Gasteiger partial charge in [0.2, 0.25) is 5.91 Å². The smallest absolute Gasteiger partial charge is 0.326 e. The number of alkyl halides is 1. The lowest BCUT2D eigenvalue weighted by atomic mass is 10.1. The molecule has 0 aromatic heterocycles. The lowest BCUT2D eigenvalue weighted by Gasteiger charge is -2.20. The molecule has 1 aliphatic rings. The quantitative estimate of drug-likeness (QED) is 0.685. The third-order valence-electron chi connectivity index (χ3n) is 2.28. The van der Waals surface area contributed by atoms with Crippen molar-refractivity contribution in [3.8, 4) is 0 Å². The van der Waals surface area contributed by atoms with Crippen molar-refractivity contribution in [1.29, 1.82) is 0 Å². The summed E-state index contributed by atoms with van der Waals surface area (Å²) >= 11 is 5.60. The summed E-state index contributed by atoms with van der Waals surface area (Å²) in [7, 11) is 0. The number of hydrogen-bond donors (Lipinski definition) is 1. The van der Waals surface area contributed by atoms with Gasteiger partial charge in [-0.1, -0.05) is 0 Å². The van der Waals surface area contributed by atoms with Crippen LogP contribution < -0.4 is 0 Å². The van der Waals surface area contributed by atoms with Gasteiger partial charge in [0.1, 0.15) is 6.04 Å². The molecule has 1 saturated heterocycles. The van der Waals surface area contributed by atoms with Crippen LogP contribution in [0.2, 0.25) is 0 Å². The van der Waals surface area contributed by atoms with E-state index in [1.165, 1.54) is 11.8 Å². The number of aliphatic carboxylic acids is 1. The summed E-state index contributed by atoms with van der Waals surface area (Å²) in [6.45, 7) is 1.98. The summed E-state index contributed by atoms with van der Waals surface area (Å²) in [5.41, 5.74) is 0. The molecule has 2 atom stereocenters. The first-order valence-electron chi connectivity index (χ1n) is 4.14. The van der Waals surface area contributed by atoms with Crippen LogP contribution in [0, 0.1) is 5.92 Å². The van der Waals surface area contributed by atoms with Crippen molar-refractivity contribution in [3.63, 3.8) is 0 Å². The Morgan fingerprint density at radius 2 is 2.46 bits per heavy atom. The number of carbonyl (C=O) groups is 2. The van der Waals surface area contributed by atoms with E-state index in [9.17, 15) is 9.59 Å². The minimum atomic E-state index is -0.969. The highest BCUT2D eigenvalue weighted by molar-refractivity contribution is 6.18. The monoisotopic (exact) mass is 205 g/mol. The number of halogens is 1. The number of amides is 1. The van der Waals surface area contributed by atoms with Crippen LogP contribution in [-0.4, -0.2) is 40.3 Å². The van der Waals surface area contributed by atoms with Crippen molar-refractivity contribution < 1.29 is 14.7 Å². The zero-order valence-corrected chi connectivity index (χ0v) is 8.12. The Kier molecular flexibility index (Phi) is 3.14. The van der Waals surface area contributed by atoms with Gasteiger partial charge in [0.25, 0.3) is 0 Å². The Labute approximate surface area is 81.5 Å². The second-order valence-electron chi connectivity index (χ2n) is 3.28. The molecule has 1 N–H and O–H groups in total. The first-order chi connectivity index (χ1) is 6.06. The molecule has 0 aliphatic carbocycles. The van der Waals surface area contributed by atoms with Gasteiger partial charge in [-0.25, -0.2) is 4.79 Å². The van der Waals surface area contributed by atoms with E-state index in [4.69, 9.17) is 16.7 Å². The van der Waals surface area contributed by atoms with Crippen LogP contribution >= 0.6 is 11.6 Å². The molecule has 13 heavy (non-hydrogen) atoms. The third-order valence-corrected chi connectivity index (χ3v) is 2.72. The molecular formula is C8H12ClNO3. The molecule has 2 unspecified atom stereocenters. The Morgan fingerprint density at radius 1 is 1.85 bits per heavy atom. The molecule has 1 aliphatic heterocycles. The van der Waals surface area contributed by atoms with E-state index in [-0.39, 0.29) is 11.8 Å². The summed E-state index contributed by atoms with van der Waals surface area (Å²) in [6, 6.07) is -0.735. The second-order valence-corrected chi connectivity index (χ2v) is 3.59. The number of nitrogens with zero attached hydrogens (tertiary/aromatic N) is 1. The average molecular weight is 206 g/mol. The van der Waals surface area contributed by atoms with Crippen molar-refractivity contribution in [1.82, 2.24) is 4.90 Å². The molecule has 0 aromatic rings. The normalized spacial score (nSPS) is 24.9. The molecule has 1 heterocycles. The van der Waals surface area contributed by atoms with Crippen LogP contribution in [0.4, 0.5) is 0 Å². The second kappa shape index (κ2) is 3.96. The van der Waals surface area contributed by atoms with Crippen molar-refractivity contribution in [2.75, 3.05) is 12.4 Å². The van der Waals surface area contributed by atoms with Gasteiger partial charge in [-0.2, -0.15) is 0 Å². The Morgan fingerprint density at radius 3 is 2.85 bits per heavy atom. The highest BCUT2D eigenvalue weighted by atomic mass is 35.5. The molecule has 0 radical (unpaired) electrons. The van der Waals surface area contributed by atoms with Gasteiger partial charge in [0, 0.05) is 18.8 Å². The largest absolute Gasteiger partial charge is 0.480 e. The lowest BCUT2D eigenvalue weighted by Crippen LogP contribution is -2.40. The number of likely N-dealkylation sites (tertiary alicyclic amines) is 1. The fourth-order valence-corrected chi connectivity index (χ4v) is 1.63. The van der Waals surface area contributed by atoms with Gasteiger partial charge in [-0.05, 0) is 12.8 Å². The first-order valence-corrected chi connectivity index (χ1v) is 4.68. The minimum absolute atomic E-state index is 0.107. The van der Waals surface area contributed by atoms with E-state index in [1.807, 2.05) is 0 Å². The molecule has 0 spiro atoms. The molecule has 1 rings (SSSR count). The fourth-order valence-electron chi connectivity index (χ4n) is 1.42. The molecule has 0 aromatic carbocycles. The van der Waals surface area contributed by atoms with Crippen LogP contribution in [0.15, 0.2) is 0 Å². The fraction of sp³-hybridized carbons (Fsp3) is 0.750. The lowest BCUT2D eigenvalue weighted by molar-refractivity contribution is -0.147. The zero-order chi connectivity index (χ0) is 10.0. The number of carbonyl (C=O) groups excluding carboxylic acids is 1. The third kappa shape index (κ3) is 2.12. The van der Waals surface area contributed by atoms with Crippen LogP contribution in [0.25, 0.3) is 0 Å². The van der Waals surface area contributed by atoms with Crippen LogP contribution in [0.3, 0.4) is 0 Å². The number of hydrogen-bond acceptors (Lipinski definition) is 2. The average Bonchev–Trinajstić information content (AvgIpc) is 2.45. The van der Waals surface area contributed by atoms with E-state index in [1.54, 1.807) is 0 Å². The number of carboxylic acids is 1. The summed E-state index contributed by atoms with van der Waals surface area (Å²) in [6.07, 6.45) is 0.376. The molecule has 1 amide bonds.